The topological polar surface area (TPSA) is 25.8 Å². The lowest BCUT2D eigenvalue weighted by atomic mass is 9.67. The lowest BCUT2D eigenvalue weighted by molar-refractivity contribution is 0.342. The fraction of sp³-hybridized carbons (Fsp3) is 0.182. The molecule has 24 heavy (non-hydrogen) atoms. The van der Waals surface area contributed by atoms with Crippen molar-refractivity contribution in [3.63, 3.8) is 0 Å². The van der Waals surface area contributed by atoms with Crippen LogP contribution in [-0.2, 0) is 0 Å². The smallest absolute Gasteiger partial charge is 0.0705 e. The van der Waals surface area contributed by atoms with Crippen molar-refractivity contribution in [2.24, 2.45) is 0 Å². The third kappa shape index (κ3) is 2.10. The van der Waals surface area contributed by atoms with E-state index in [2.05, 4.69) is 71.7 Å². The third-order valence-electron chi connectivity index (χ3n) is 5.36. The molecule has 0 amide bonds. The highest BCUT2D eigenvalue weighted by Crippen LogP contribution is 2.50. The minimum absolute atomic E-state index is 0.514. The molecule has 1 saturated carbocycles. The van der Waals surface area contributed by atoms with Crippen LogP contribution < -0.4 is 0 Å². The van der Waals surface area contributed by atoms with Crippen LogP contribution in [0.3, 0.4) is 0 Å². The van der Waals surface area contributed by atoms with E-state index in [4.69, 9.17) is 4.98 Å². The van der Waals surface area contributed by atoms with Crippen LogP contribution >= 0.6 is 0 Å². The maximum Gasteiger partial charge on any atom is 0.0705 e. The lowest BCUT2D eigenvalue weighted by Gasteiger charge is -2.37. The largest absolute Gasteiger partial charge is 0.256 e. The second-order valence-corrected chi connectivity index (χ2v) is 6.64. The van der Waals surface area contributed by atoms with Crippen molar-refractivity contribution in [2.75, 3.05) is 0 Å². The predicted octanol–water partition coefficient (Wildman–Crippen LogP) is 5.44. The van der Waals surface area contributed by atoms with Crippen LogP contribution in [0.25, 0.3) is 21.8 Å². The van der Waals surface area contributed by atoms with Gasteiger partial charge < -0.3 is 0 Å². The maximum atomic E-state index is 4.94. The van der Waals surface area contributed by atoms with Crippen molar-refractivity contribution in [2.45, 2.75) is 24.7 Å². The molecule has 2 aromatic carbocycles. The van der Waals surface area contributed by atoms with E-state index in [1.54, 1.807) is 0 Å². The molecule has 0 aliphatic heterocycles. The first-order chi connectivity index (χ1) is 11.9. The maximum absolute atomic E-state index is 4.94. The monoisotopic (exact) mass is 310 g/mol. The Morgan fingerprint density at radius 3 is 2.38 bits per heavy atom. The second kappa shape index (κ2) is 5.41. The summed E-state index contributed by atoms with van der Waals surface area (Å²) in [6.07, 6.45) is 4.39. The molecule has 116 valence electrons. The van der Waals surface area contributed by atoms with E-state index in [9.17, 15) is 0 Å². The van der Waals surface area contributed by atoms with Gasteiger partial charge in [0.1, 0.15) is 0 Å². The van der Waals surface area contributed by atoms with E-state index in [0.29, 0.717) is 11.8 Å². The summed E-state index contributed by atoms with van der Waals surface area (Å²) >= 11 is 0. The van der Waals surface area contributed by atoms with Gasteiger partial charge in [0.15, 0.2) is 0 Å². The molecule has 4 aromatic rings. The Morgan fingerprint density at radius 2 is 1.50 bits per heavy atom. The molecule has 1 aliphatic rings. The minimum atomic E-state index is 0.514. The zero-order valence-corrected chi connectivity index (χ0v) is 13.4. The Labute approximate surface area is 141 Å². The summed E-state index contributed by atoms with van der Waals surface area (Å²) in [6.45, 7) is 0. The molecule has 1 fully saturated rings. The molecule has 0 bridgehead atoms. The predicted molar refractivity (Wildman–Crippen MR) is 98.2 cm³/mol. The molecule has 1 aliphatic carbocycles. The van der Waals surface area contributed by atoms with Crippen LogP contribution in [0.15, 0.2) is 72.9 Å². The lowest BCUT2D eigenvalue weighted by Crippen LogP contribution is -2.23. The first-order valence-corrected chi connectivity index (χ1v) is 8.59. The Hall–Kier alpha value is -2.74. The van der Waals surface area contributed by atoms with Gasteiger partial charge in [-0.05, 0) is 48.6 Å². The first kappa shape index (κ1) is 13.7. The van der Waals surface area contributed by atoms with Gasteiger partial charge in [-0.15, -0.1) is 0 Å². The second-order valence-electron chi connectivity index (χ2n) is 6.64. The minimum Gasteiger partial charge on any atom is -0.256 e. The highest BCUT2D eigenvalue weighted by molar-refractivity contribution is 5.83. The molecule has 0 radical (unpaired) electrons. The number of rotatable bonds is 2. The summed E-state index contributed by atoms with van der Waals surface area (Å²) < 4.78 is 0. The van der Waals surface area contributed by atoms with Gasteiger partial charge in [0.25, 0.3) is 0 Å². The Bertz CT molecular complexity index is 1030. The first-order valence-electron chi connectivity index (χ1n) is 8.59. The molecular formula is C22H18N2. The number of hydrogen-bond acceptors (Lipinski definition) is 2. The fourth-order valence-electron chi connectivity index (χ4n) is 3.96. The average Bonchev–Trinajstić information content (AvgIpc) is 2.61. The van der Waals surface area contributed by atoms with Gasteiger partial charge >= 0.3 is 0 Å². The molecule has 2 heterocycles. The molecule has 0 spiro atoms. The summed E-state index contributed by atoms with van der Waals surface area (Å²) in [5, 5.41) is 2.50. The Balaban J connectivity index is 1.57. The number of aromatic nitrogens is 2. The quantitative estimate of drug-likeness (QED) is 0.492. The molecule has 2 aromatic heterocycles. The molecule has 2 heteroatoms. The van der Waals surface area contributed by atoms with Crippen LogP contribution in [-0.4, -0.2) is 9.97 Å². The van der Waals surface area contributed by atoms with E-state index in [1.165, 1.54) is 34.9 Å². The van der Waals surface area contributed by atoms with Crippen molar-refractivity contribution in [3.05, 3.63) is 84.2 Å². The van der Waals surface area contributed by atoms with Gasteiger partial charge in [0, 0.05) is 28.6 Å². The molecule has 0 saturated heterocycles. The van der Waals surface area contributed by atoms with Crippen molar-refractivity contribution in [1.82, 2.24) is 9.97 Å². The number of para-hydroxylation sites is 2. The van der Waals surface area contributed by atoms with Gasteiger partial charge in [-0.1, -0.05) is 42.5 Å². The zero-order chi connectivity index (χ0) is 15.9. The van der Waals surface area contributed by atoms with Crippen LogP contribution in [0, 0.1) is 0 Å². The molecule has 2 atom stereocenters. The van der Waals surface area contributed by atoms with E-state index in [0.717, 1.165) is 11.0 Å². The van der Waals surface area contributed by atoms with Gasteiger partial charge in [0.2, 0.25) is 0 Å². The summed E-state index contributed by atoms with van der Waals surface area (Å²) in [7, 11) is 0. The summed E-state index contributed by atoms with van der Waals surface area (Å²) in [5.41, 5.74) is 4.84. The van der Waals surface area contributed by atoms with Gasteiger partial charge in [0.05, 0.1) is 11.0 Å². The number of hydrogen-bond donors (Lipinski definition) is 0. The van der Waals surface area contributed by atoms with E-state index < -0.39 is 0 Å². The number of fused-ring (bicyclic) bond motifs is 2. The average molecular weight is 310 g/mol. The van der Waals surface area contributed by atoms with Crippen LogP contribution in [0.4, 0.5) is 0 Å². The standard InChI is InChI=1S/C22H18N2/c1-3-7-20-15(5-1)9-12-22(24-20)19-11-10-16(19)17-13-14-23-21-8-4-2-6-18(17)21/h1-9,12-14,16,19H,10-11H2/t16-,19+/m1/s1. The third-order valence-corrected chi connectivity index (χ3v) is 5.36. The summed E-state index contributed by atoms with van der Waals surface area (Å²) in [4.78, 5) is 9.44. The van der Waals surface area contributed by atoms with Crippen LogP contribution in [0.2, 0.25) is 0 Å². The SMILES string of the molecule is c1ccc2nc([C@H]3CC[C@@H]3c3ccnc4ccccc34)ccc2c1. The Kier molecular flexibility index (Phi) is 3.08. The van der Waals surface area contributed by atoms with E-state index in [-0.39, 0.29) is 0 Å². The van der Waals surface area contributed by atoms with Gasteiger partial charge in [-0.2, -0.15) is 0 Å². The highest BCUT2D eigenvalue weighted by Gasteiger charge is 2.35. The molecule has 0 N–H and O–H groups in total. The van der Waals surface area contributed by atoms with Crippen LogP contribution in [0.1, 0.15) is 35.9 Å². The van der Waals surface area contributed by atoms with Gasteiger partial charge in [-0.3, -0.25) is 9.97 Å². The van der Waals surface area contributed by atoms with E-state index in [1.807, 2.05) is 6.20 Å². The van der Waals surface area contributed by atoms with Crippen molar-refractivity contribution < 1.29 is 0 Å². The van der Waals surface area contributed by atoms with Crippen molar-refractivity contribution in [3.8, 4) is 0 Å². The Morgan fingerprint density at radius 1 is 0.708 bits per heavy atom. The number of nitrogens with zero attached hydrogens (tertiary/aromatic N) is 2. The fourth-order valence-corrected chi connectivity index (χ4v) is 3.96. The molecule has 0 unspecified atom stereocenters. The van der Waals surface area contributed by atoms with Gasteiger partial charge in [-0.25, -0.2) is 0 Å². The van der Waals surface area contributed by atoms with Crippen molar-refractivity contribution >= 4 is 21.8 Å². The normalized spacial score (nSPS) is 20.2. The number of benzene rings is 2. The molecule has 2 nitrogen and oxygen atoms in total. The summed E-state index contributed by atoms with van der Waals surface area (Å²) in [6, 6.07) is 23.4. The molecular weight excluding hydrogens is 292 g/mol. The highest BCUT2D eigenvalue weighted by atomic mass is 14.7. The van der Waals surface area contributed by atoms with Crippen LogP contribution in [0.5, 0.6) is 0 Å². The van der Waals surface area contributed by atoms with Crippen molar-refractivity contribution in [1.29, 1.82) is 0 Å². The number of pyridine rings is 2. The zero-order valence-electron chi connectivity index (χ0n) is 13.4. The summed E-state index contributed by atoms with van der Waals surface area (Å²) in [5.74, 6) is 1.06. The molecule has 5 rings (SSSR count). The van der Waals surface area contributed by atoms with E-state index >= 15 is 0 Å².